The number of aryl methyl sites for hydroxylation is 2. The molecule has 0 aliphatic carbocycles. The number of rotatable bonds is 4. The zero-order chi connectivity index (χ0) is 17.3. The zero-order valence-corrected chi connectivity index (χ0v) is 13.8. The first-order chi connectivity index (χ1) is 11.5. The van der Waals surface area contributed by atoms with Gasteiger partial charge in [0.05, 0.1) is 18.2 Å². The van der Waals surface area contributed by atoms with Crippen molar-refractivity contribution in [3.63, 3.8) is 0 Å². The molecule has 0 saturated carbocycles. The summed E-state index contributed by atoms with van der Waals surface area (Å²) in [6.07, 6.45) is 4.96. The summed E-state index contributed by atoms with van der Waals surface area (Å²) < 4.78 is 16.5. The second-order valence-electron chi connectivity index (χ2n) is 5.70. The van der Waals surface area contributed by atoms with E-state index >= 15 is 0 Å². The lowest BCUT2D eigenvalue weighted by molar-refractivity contribution is 0.0777. The second kappa shape index (κ2) is 6.27. The molecule has 1 aromatic carbocycles. The molecule has 0 saturated heterocycles. The van der Waals surface area contributed by atoms with E-state index in [1.807, 2.05) is 20.2 Å². The summed E-state index contributed by atoms with van der Waals surface area (Å²) in [6.45, 7) is 2.36. The first kappa shape index (κ1) is 15.9. The smallest absolute Gasteiger partial charge is 0.272 e. The molecule has 0 unspecified atom stereocenters. The van der Waals surface area contributed by atoms with Crippen molar-refractivity contribution >= 4 is 5.91 Å². The van der Waals surface area contributed by atoms with Crippen LogP contribution < -0.4 is 0 Å². The normalized spacial score (nSPS) is 10.8. The highest BCUT2D eigenvalue weighted by Gasteiger charge is 2.19. The molecule has 2 heterocycles. The number of hydrogen-bond acceptors (Lipinski definition) is 3. The summed E-state index contributed by atoms with van der Waals surface area (Å²) in [6, 6.07) is 5.93. The summed E-state index contributed by atoms with van der Waals surface area (Å²) in [5, 5.41) is 4.29. The van der Waals surface area contributed by atoms with Crippen molar-refractivity contribution < 1.29 is 9.18 Å². The summed E-state index contributed by atoms with van der Waals surface area (Å²) >= 11 is 0. The Labute approximate surface area is 139 Å². The molecule has 0 bridgehead atoms. The number of carbonyl (C=O) groups excluding carboxylic acids is 1. The quantitative estimate of drug-likeness (QED) is 0.739. The molecule has 0 N–H and O–H groups in total. The summed E-state index contributed by atoms with van der Waals surface area (Å²) in [4.78, 5) is 18.4. The van der Waals surface area contributed by atoms with Crippen molar-refractivity contribution in [1.29, 1.82) is 0 Å². The predicted molar refractivity (Wildman–Crippen MR) is 87.3 cm³/mol. The van der Waals surface area contributed by atoms with E-state index in [1.54, 1.807) is 39.7 Å². The van der Waals surface area contributed by atoms with Gasteiger partial charge in [0.25, 0.3) is 5.91 Å². The summed E-state index contributed by atoms with van der Waals surface area (Å²) in [5.74, 6) is -0.490. The number of aromatic nitrogens is 4. The number of carbonyl (C=O) groups is 1. The fourth-order valence-corrected chi connectivity index (χ4v) is 2.59. The SMILES string of the molecule is Cc1nn(C)cc1CN(C)C(=O)c1cncn1-c1ccc(F)cc1. The first-order valence-corrected chi connectivity index (χ1v) is 7.48. The largest absolute Gasteiger partial charge is 0.336 e. The lowest BCUT2D eigenvalue weighted by Gasteiger charge is -2.17. The fraction of sp³-hybridized carbons (Fsp3) is 0.235. The number of halogens is 1. The van der Waals surface area contributed by atoms with Gasteiger partial charge in [-0.1, -0.05) is 0 Å². The van der Waals surface area contributed by atoms with E-state index < -0.39 is 0 Å². The van der Waals surface area contributed by atoms with Crippen molar-refractivity contribution in [1.82, 2.24) is 24.2 Å². The van der Waals surface area contributed by atoms with E-state index in [4.69, 9.17) is 0 Å². The third-order valence-electron chi connectivity index (χ3n) is 3.83. The topological polar surface area (TPSA) is 56.0 Å². The molecule has 0 atom stereocenters. The van der Waals surface area contributed by atoms with Gasteiger partial charge in [0.2, 0.25) is 0 Å². The van der Waals surface area contributed by atoms with Crippen molar-refractivity contribution in [3.05, 3.63) is 65.8 Å². The Morgan fingerprint density at radius 2 is 2.00 bits per heavy atom. The maximum absolute atomic E-state index is 13.1. The number of hydrogen-bond donors (Lipinski definition) is 0. The Kier molecular flexibility index (Phi) is 4.16. The standard InChI is InChI=1S/C17H18FN5O/c1-12-13(10-22(3)20-12)9-21(2)17(24)16-8-19-11-23(16)15-6-4-14(18)5-7-15/h4-8,10-11H,9H2,1-3H3. The van der Waals surface area contributed by atoms with E-state index in [2.05, 4.69) is 10.1 Å². The van der Waals surface area contributed by atoms with Crippen LogP contribution in [0, 0.1) is 12.7 Å². The Bertz CT molecular complexity index is 865. The highest BCUT2D eigenvalue weighted by atomic mass is 19.1. The van der Waals surface area contributed by atoms with E-state index in [1.165, 1.54) is 18.3 Å². The lowest BCUT2D eigenvalue weighted by atomic mass is 10.2. The zero-order valence-electron chi connectivity index (χ0n) is 13.8. The Morgan fingerprint density at radius 3 is 2.62 bits per heavy atom. The molecular weight excluding hydrogens is 309 g/mol. The van der Waals surface area contributed by atoms with Crippen molar-refractivity contribution in [2.24, 2.45) is 7.05 Å². The Morgan fingerprint density at radius 1 is 1.29 bits per heavy atom. The van der Waals surface area contributed by atoms with Crippen LogP contribution in [0.4, 0.5) is 4.39 Å². The van der Waals surface area contributed by atoms with E-state index in [0.717, 1.165) is 11.3 Å². The van der Waals surface area contributed by atoms with Crippen LogP contribution in [-0.2, 0) is 13.6 Å². The minimum Gasteiger partial charge on any atom is -0.336 e. The van der Waals surface area contributed by atoms with E-state index in [0.29, 0.717) is 17.9 Å². The molecule has 0 fully saturated rings. The molecule has 3 aromatic rings. The van der Waals surface area contributed by atoms with Crippen LogP contribution in [-0.4, -0.2) is 37.2 Å². The maximum Gasteiger partial charge on any atom is 0.272 e. The number of nitrogens with zero attached hydrogens (tertiary/aromatic N) is 5. The third kappa shape index (κ3) is 3.05. The van der Waals surface area contributed by atoms with Crippen LogP contribution in [0.5, 0.6) is 0 Å². The van der Waals surface area contributed by atoms with E-state index in [9.17, 15) is 9.18 Å². The molecule has 0 aliphatic heterocycles. The number of amides is 1. The van der Waals surface area contributed by atoms with Gasteiger partial charge in [-0.05, 0) is 31.2 Å². The molecule has 0 aliphatic rings. The van der Waals surface area contributed by atoms with Crippen LogP contribution in [0.1, 0.15) is 21.7 Å². The Hall–Kier alpha value is -2.96. The highest BCUT2D eigenvalue weighted by molar-refractivity contribution is 5.92. The highest BCUT2D eigenvalue weighted by Crippen LogP contribution is 2.15. The second-order valence-corrected chi connectivity index (χ2v) is 5.70. The molecule has 124 valence electrons. The van der Waals surface area contributed by atoms with Gasteiger partial charge in [-0.25, -0.2) is 9.37 Å². The monoisotopic (exact) mass is 327 g/mol. The molecular formula is C17H18FN5O. The van der Waals surface area contributed by atoms with Crippen LogP contribution in [0.25, 0.3) is 5.69 Å². The molecule has 3 rings (SSSR count). The molecule has 0 spiro atoms. The minimum absolute atomic E-state index is 0.167. The van der Waals surface area contributed by atoms with Gasteiger partial charge in [-0.3, -0.25) is 14.0 Å². The molecule has 1 amide bonds. The van der Waals surface area contributed by atoms with Crippen molar-refractivity contribution in [2.45, 2.75) is 13.5 Å². The number of imidazole rings is 1. The van der Waals surface area contributed by atoms with Crippen LogP contribution in [0.15, 0.2) is 43.0 Å². The van der Waals surface area contributed by atoms with Gasteiger partial charge >= 0.3 is 0 Å². The van der Waals surface area contributed by atoms with Gasteiger partial charge in [0, 0.05) is 38.1 Å². The maximum atomic E-state index is 13.1. The molecule has 7 heteroatoms. The van der Waals surface area contributed by atoms with E-state index in [-0.39, 0.29) is 11.7 Å². The average Bonchev–Trinajstić information content (AvgIpc) is 3.14. The first-order valence-electron chi connectivity index (χ1n) is 7.48. The lowest BCUT2D eigenvalue weighted by Crippen LogP contribution is -2.28. The van der Waals surface area contributed by atoms with Gasteiger partial charge in [-0.15, -0.1) is 0 Å². The van der Waals surface area contributed by atoms with Crippen molar-refractivity contribution in [3.8, 4) is 5.69 Å². The van der Waals surface area contributed by atoms with Crippen LogP contribution in [0.2, 0.25) is 0 Å². The Balaban J connectivity index is 1.84. The average molecular weight is 327 g/mol. The van der Waals surface area contributed by atoms with Gasteiger partial charge in [0.15, 0.2) is 0 Å². The van der Waals surface area contributed by atoms with Gasteiger partial charge in [-0.2, -0.15) is 5.10 Å². The molecule has 0 radical (unpaired) electrons. The van der Waals surface area contributed by atoms with Crippen LogP contribution >= 0.6 is 0 Å². The minimum atomic E-state index is -0.323. The molecule has 24 heavy (non-hydrogen) atoms. The summed E-state index contributed by atoms with van der Waals surface area (Å²) in [7, 11) is 3.58. The number of benzene rings is 1. The third-order valence-corrected chi connectivity index (χ3v) is 3.83. The predicted octanol–water partition coefficient (Wildman–Crippen LogP) is 2.33. The van der Waals surface area contributed by atoms with Gasteiger partial charge in [0.1, 0.15) is 11.5 Å². The molecule has 2 aromatic heterocycles. The van der Waals surface area contributed by atoms with Crippen molar-refractivity contribution in [2.75, 3.05) is 7.05 Å². The van der Waals surface area contributed by atoms with Crippen LogP contribution in [0.3, 0.4) is 0 Å². The fourth-order valence-electron chi connectivity index (χ4n) is 2.59. The summed E-state index contributed by atoms with van der Waals surface area (Å²) in [5.41, 5.74) is 2.99. The molecule has 6 nitrogen and oxygen atoms in total. The van der Waals surface area contributed by atoms with Gasteiger partial charge < -0.3 is 4.90 Å².